The zero-order chi connectivity index (χ0) is 15.2. The molecule has 1 amide bonds. The topological polar surface area (TPSA) is 81.1 Å². The molecule has 110 valence electrons. The number of carbonyl (C=O) groups excluding carboxylic acids is 1. The lowest BCUT2D eigenvalue weighted by molar-refractivity contribution is 0.100. The highest BCUT2D eigenvalue weighted by molar-refractivity contribution is 9.10. The lowest BCUT2D eigenvalue weighted by Crippen LogP contribution is -2.11. The van der Waals surface area contributed by atoms with E-state index in [1.165, 1.54) is 11.1 Å². The largest absolute Gasteiger partial charge is 0.380 e. The molecule has 4 nitrogen and oxygen atoms in total. The van der Waals surface area contributed by atoms with Crippen LogP contribution >= 0.6 is 15.9 Å². The van der Waals surface area contributed by atoms with E-state index >= 15 is 0 Å². The second-order valence-electron chi connectivity index (χ2n) is 4.77. The molecule has 5 N–H and O–H groups in total. The quantitative estimate of drug-likeness (QED) is 0.751. The molecular weight excluding hydrogens is 330 g/mol. The van der Waals surface area contributed by atoms with Gasteiger partial charge in [-0.05, 0) is 58.2 Å². The van der Waals surface area contributed by atoms with Gasteiger partial charge < -0.3 is 16.8 Å². The first kappa shape index (κ1) is 15.5. The Balaban J connectivity index is 2.01. The van der Waals surface area contributed by atoms with Gasteiger partial charge in [0.1, 0.15) is 0 Å². The lowest BCUT2D eigenvalue weighted by Gasteiger charge is -2.10. The van der Waals surface area contributed by atoms with Crippen molar-refractivity contribution in [2.75, 3.05) is 11.9 Å². The number of hydrogen-bond acceptors (Lipinski definition) is 3. The van der Waals surface area contributed by atoms with Crippen LogP contribution in [0.5, 0.6) is 0 Å². The van der Waals surface area contributed by atoms with E-state index in [-0.39, 0.29) is 0 Å². The Morgan fingerprint density at radius 2 is 1.76 bits per heavy atom. The molecule has 0 aromatic heterocycles. The summed E-state index contributed by atoms with van der Waals surface area (Å²) in [6, 6.07) is 13.6. The highest BCUT2D eigenvalue weighted by Gasteiger charge is 2.05. The molecule has 0 unspecified atom stereocenters. The number of rotatable bonds is 6. The fraction of sp³-hybridized carbons (Fsp3) is 0.188. The second-order valence-corrected chi connectivity index (χ2v) is 5.62. The molecule has 5 heteroatoms. The van der Waals surface area contributed by atoms with E-state index in [0.717, 1.165) is 16.6 Å². The van der Waals surface area contributed by atoms with Crippen LogP contribution in [0.1, 0.15) is 21.5 Å². The van der Waals surface area contributed by atoms with Gasteiger partial charge in [-0.2, -0.15) is 0 Å². The molecule has 0 aliphatic carbocycles. The number of amides is 1. The van der Waals surface area contributed by atoms with Crippen molar-refractivity contribution in [1.82, 2.24) is 0 Å². The maximum atomic E-state index is 11.1. The number of nitrogens with one attached hydrogen (secondary N) is 1. The van der Waals surface area contributed by atoms with Gasteiger partial charge in [-0.25, -0.2) is 0 Å². The van der Waals surface area contributed by atoms with Gasteiger partial charge in [0.15, 0.2) is 0 Å². The smallest absolute Gasteiger partial charge is 0.248 e. The zero-order valence-electron chi connectivity index (χ0n) is 11.6. The average Bonchev–Trinajstić information content (AvgIpc) is 2.47. The van der Waals surface area contributed by atoms with Crippen LogP contribution in [0.25, 0.3) is 0 Å². The van der Waals surface area contributed by atoms with Crippen molar-refractivity contribution in [3.8, 4) is 0 Å². The molecule has 21 heavy (non-hydrogen) atoms. The molecule has 2 aromatic rings. The number of carbonyl (C=O) groups is 1. The third kappa shape index (κ3) is 4.31. The maximum absolute atomic E-state index is 11.1. The van der Waals surface area contributed by atoms with Crippen LogP contribution in [0.4, 0.5) is 5.69 Å². The fourth-order valence-electron chi connectivity index (χ4n) is 2.00. The van der Waals surface area contributed by atoms with E-state index in [1.54, 1.807) is 12.1 Å². The van der Waals surface area contributed by atoms with E-state index < -0.39 is 5.91 Å². The number of benzene rings is 2. The Labute approximate surface area is 132 Å². The summed E-state index contributed by atoms with van der Waals surface area (Å²) in [4.78, 5) is 11.1. The summed E-state index contributed by atoms with van der Waals surface area (Å²) >= 11 is 3.44. The molecule has 0 saturated heterocycles. The molecule has 0 heterocycles. The molecule has 0 fully saturated rings. The number of nitrogens with two attached hydrogens (primary N) is 2. The van der Waals surface area contributed by atoms with Crippen molar-refractivity contribution in [1.29, 1.82) is 0 Å². The van der Waals surface area contributed by atoms with Crippen molar-refractivity contribution >= 4 is 27.5 Å². The first-order chi connectivity index (χ1) is 10.1. The van der Waals surface area contributed by atoms with E-state index in [2.05, 4.69) is 45.5 Å². The van der Waals surface area contributed by atoms with Crippen LogP contribution in [0.2, 0.25) is 0 Å². The predicted octanol–water partition coefficient (Wildman–Crippen LogP) is 2.66. The minimum Gasteiger partial charge on any atom is -0.380 e. The van der Waals surface area contributed by atoms with Gasteiger partial charge in [0.2, 0.25) is 5.91 Å². The normalized spacial score (nSPS) is 10.4. The summed E-state index contributed by atoms with van der Waals surface area (Å²) in [5, 5.41) is 3.32. The third-order valence-electron chi connectivity index (χ3n) is 3.19. The molecule has 2 aromatic carbocycles. The molecule has 0 bridgehead atoms. The van der Waals surface area contributed by atoms with E-state index in [4.69, 9.17) is 11.5 Å². The first-order valence-electron chi connectivity index (χ1n) is 6.71. The number of anilines is 1. The van der Waals surface area contributed by atoms with Gasteiger partial charge in [-0.1, -0.05) is 24.3 Å². The van der Waals surface area contributed by atoms with Crippen molar-refractivity contribution in [2.45, 2.75) is 13.0 Å². The maximum Gasteiger partial charge on any atom is 0.248 e. The van der Waals surface area contributed by atoms with Gasteiger partial charge >= 0.3 is 0 Å². The number of halogens is 1. The fourth-order valence-corrected chi connectivity index (χ4v) is 2.52. The van der Waals surface area contributed by atoms with Crippen LogP contribution in [0.15, 0.2) is 46.9 Å². The average molecular weight is 348 g/mol. The van der Waals surface area contributed by atoms with Gasteiger partial charge in [0.05, 0.1) is 0 Å². The van der Waals surface area contributed by atoms with Crippen molar-refractivity contribution in [3.05, 3.63) is 63.6 Å². The second kappa shape index (κ2) is 7.24. The Bertz CT molecular complexity index is 626. The Kier molecular flexibility index (Phi) is 5.36. The summed E-state index contributed by atoms with van der Waals surface area (Å²) in [5.41, 5.74) is 14.6. The van der Waals surface area contributed by atoms with Crippen LogP contribution < -0.4 is 16.8 Å². The van der Waals surface area contributed by atoms with Crippen LogP contribution in [-0.2, 0) is 13.0 Å². The predicted molar refractivity (Wildman–Crippen MR) is 89.2 cm³/mol. The molecule has 0 radical (unpaired) electrons. The highest BCUT2D eigenvalue weighted by atomic mass is 79.9. The van der Waals surface area contributed by atoms with E-state index in [9.17, 15) is 4.79 Å². The summed E-state index contributed by atoms with van der Waals surface area (Å²) in [6.45, 7) is 1.37. The minimum atomic E-state index is -0.433. The Hall–Kier alpha value is -1.85. The first-order valence-corrected chi connectivity index (χ1v) is 7.50. The standard InChI is InChI=1S/C16H18BrN3O/c17-14-9-13(16(19)21)5-6-15(14)20-10-12-3-1-11(2-4-12)7-8-18/h1-6,9,20H,7-8,10,18H2,(H2,19,21). The van der Waals surface area contributed by atoms with Gasteiger partial charge in [0, 0.05) is 22.3 Å². The summed E-state index contributed by atoms with van der Waals surface area (Å²) in [6.07, 6.45) is 0.897. The molecule has 0 aliphatic rings. The molecule has 2 rings (SSSR count). The monoisotopic (exact) mass is 347 g/mol. The number of hydrogen-bond donors (Lipinski definition) is 3. The van der Waals surface area contributed by atoms with Crippen molar-refractivity contribution < 1.29 is 4.79 Å². The summed E-state index contributed by atoms with van der Waals surface area (Å²) in [7, 11) is 0. The van der Waals surface area contributed by atoms with Crippen molar-refractivity contribution in [3.63, 3.8) is 0 Å². The minimum absolute atomic E-state index is 0.433. The third-order valence-corrected chi connectivity index (χ3v) is 3.85. The summed E-state index contributed by atoms with van der Waals surface area (Å²) in [5.74, 6) is -0.433. The van der Waals surface area contributed by atoms with Gasteiger partial charge in [0.25, 0.3) is 0 Å². The zero-order valence-corrected chi connectivity index (χ0v) is 13.2. The molecule has 0 atom stereocenters. The Morgan fingerprint density at radius 1 is 1.10 bits per heavy atom. The van der Waals surface area contributed by atoms with Crippen molar-refractivity contribution in [2.24, 2.45) is 11.5 Å². The van der Waals surface area contributed by atoms with E-state index in [0.29, 0.717) is 18.7 Å². The van der Waals surface area contributed by atoms with Crippen LogP contribution in [0.3, 0.4) is 0 Å². The SMILES string of the molecule is NCCc1ccc(CNc2ccc(C(N)=O)cc2Br)cc1. The van der Waals surface area contributed by atoms with Crippen LogP contribution in [-0.4, -0.2) is 12.5 Å². The molecule has 0 saturated carbocycles. The van der Waals surface area contributed by atoms with Gasteiger partial charge in [-0.3, -0.25) is 4.79 Å². The highest BCUT2D eigenvalue weighted by Crippen LogP contribution is 2.24. The van der Waals surface area contributed by atoms with Gasteiger partial charge in [-0.15, -0.1) is 0 Å². The van der Waals surface area contributed by atoms with Crippen LogP contribution in [0, 0.1) is 0 Å². The Morgan fingerprint density at radius 3 is 2.33 bits per heavy atom. The number of primary amides is 1. The van der Waals surface area contributed by atoms with E-state index in [1.807, 2.05) is 6.07 Å². The molecule has 0 aliphatic heterocycles. The molecule has 0 spiro atoms. The summed E-state index contributed by atoms with van der Waals surface area (Å²) < 4.78 is 0.818. The molecular formula is C16H18BrN3O. The lowest BCUT2D eigenvalue weighted by atomic mass is 10.1.